The number of amides is 1. The first kappa shape index (κ1) is 16.0. The third-order valence-corrected chi connectivity index (χ3v) is 4.35. The smallest absolute Gasteiger partial charge is 0.336 e. The Morgan fingerprint density at radius 2 is 1.90 bits per heavy atom. The molecule has 4 nitrogen and oxygen atoms in total. The van der Waals surface area contributed by atoms with Crippen molar-refractivity contribution >= 4 is 56.1 Å². The lowest BCUT2D eigenvalue weighted by atomic mass is 10.1. The number of halogens is 2. The van der Waals surface area contributed by atoms with Gasteiger partial charge in [0.15, 0.2) is 0 Å². The van der Waals surface area contributed by atoms with Gasteiger partial charge in [0.1, 0.15) is 0 Å². The fourth-order valence-corrected chi connectivity index (χ4v) is 2.78. The molecule has 0 radical (unpaired) electrons. The van der Waals surface area contributed by atoms with Crippen LogP contribution in [0, 0.1) is 10.5 Å². The molecule has 2 aromatic carbocycles. The standard InChI is InChI=1S/C15H11BrINO3/c1-8-10(15(20)21)3-2-4-13(8)18-14(19)11-7-9(17)5-6-12(11)16/h2-7H,1H3,(H,18,19)(H,20,21). The highest BCUT2D eigenvalue weighted by Gasteiger charge is 2.15. The second kappa shape index (κ2) is 6.57. The monoisotopic (exact) mass is 459 g/mol. The van der Waals surface area contributed by atoms with Crippen molar-refractivity contribution in [3.05, 3.63) is 61.1 Å². The summed E-state index contributed by atoms with van der Waals surface area (Å²) in [4.78, 5) is 23.4. The summed E-state index contributed by atoms with van der Waals surface area (Å²) >= 11 is 5.47. The molecule has 0 unspecified atom stereocenters. The molecule has 2 N–H and O–H groups in total. The van der Waals surface area contributed by atoms with Gasteiger partial charge in [-0.1, -0.05) is 6.07 Å². The largest absolute Gasteiger partial charge is 0.478 e. The van der Waals surface area contributed by atoms with Gasteiger partial charge in [0, 0.05) is 13.7 Å². The van der Waals surface area contributed by atoms with Crippen LogP contribution in [0.1, 0.15) is 26.3 Å². The fraction of sp³-hybridized carbons (Fsp3) is 0.0667. The Balaban J connectivity index is 2.34. The van der Waals surface area contributed by atoms with Gasteiger partial charge >= 0.3 is 5.97 Å². The molecule has 0 fully saturated rings. The Morgan fingerprint density at radius 1 is 1.19 bits per heavy atom. The van der Waals surface area contributed by atoms with E-state index in [1.54, 1.807) is 31.2 Å². The lowest BCUT2D eigenvalue weighted by molar-refractivity contribution is 0.0695. The van der Waals surface area contributed by atoms with E-state index in [-0.39, 0.29) is 11.5 Å². The summed E-state index contributed by atoms with van der Waals surface area (Å²) < 4.78 is 1.63. The topological polar surface area (TPSA) is 66.4 Å². The average molecular weight is 460 g/mol. The van der Waals surface area contributed by atoms with E-state index in [0.29, 0.717) is 21.3 Å². The van der Waals surface area contributed by atoms with Gasteiger partial charge in [0.05, 0.1) is 11.1 Å². The molecule has 0 saturated heterocycles. The number of rotatable bonds is 3. The Bertz CT molecular complexity index is 731. The molecule has 0 aliphatic rings. The zero-order valence-corrected chi connectivity index (χ0v) is 14.7. The summed E-state index contributed by atoms with van der Waals surface area (Å²) in [5, 5.41) is 11.9. The first-order chi connectivity index (χ1) is 9.90. The van der Waals surface area contributed by atoms with Crippen molar-refractivity contribution in [1.29, 1.82) is 0 Å². The van der Waals surface area contributed by atoms with Crippen LogP contribution >= 0.6 is 38.5 Å². The van der Waals surface area contributed by atoms with Crippen molar-refractivity contribution in [3.63, 3.8) is 0 Å². The van der Waals surface area contributed by atoms with E-state index in [0.717, 1.165) is 3.57 Å². The third kappa shape index (κ3) is 3.62. The van der Waals surface area contributed by atoms with Crippen LogP contribution in [0.25, 0.3) is 0 Å². The summed E-state index contributed by atoms with van der Waals surface area (Å²) in [7, 11) is 0. The van der Waals surface area contributed by atoms with Gasteiger partial charge in [-0.15, -0.1) is 0 Å². The van der Waals surface area contributed by atoms with Gasteiger partial charge < -0.3 is 10.4 Å². The summed E-state index contributed by atoms with van der Waals surface area (Å²) in [6.45, 7) is 1.67. The minimum atomic E-state index is -1.01. The van der Waals surface area contributed by atoms with E-state index >= 15 is 0 Å². The fourth-order valence-electron chi connectivity index (χ4n) is 1.86. The molecular formula is C15H11BrINO3. The van der Waals surface area contributed by atoms with E-state index in [4.69, 9.17) is 5.11 Å². The number of aromatic carboxylic acids is 1. The van der Waals surface area contributed by atoms with Gasteiger partial charge in [0.25, 0.3) is 5.91 Å². The number of benzene rings is 2. The van der Waals surface area contributed by atoms with Crippen LogP contribution in [-0.2, 0) is 0 Å². The van der Waals surface area contributed by atoms with Crippen LogP contribution in [-0.4, -0.2) is 17.0 Å². The molecule has 0 saturated carbocycles. The average Bonchev–Trinajstić information content (AvgIpc) is 2.43. The van der Waals surface area contributed by atoms with Crippen molar-refractivity contribution in [2.75, 3.05) is 5.32 Å². The molecule has 0 spiro atoms. The second-order valence-electron chi connectivity index (χ2n) is 4.36. The molecule has 1 amide bonds. The van der Waals surface area contributed by atoms with Gasteiger partial charge in [-0.2, -0.15) is 0 Å². The number of anilines is 1. The summed E-state index contributed by atoms with van der Waals surface area (Å²) in [6, 6.07) is 10.2. The maximum Gasteiger partial charge on any atom is 0.336 e. The Morgan fingerprint density at radius 3 is 2.57 bits per heavy atom. The lowest BCUT2D eigenvalue weighted by Crippen LogP contribution is -2.14. The number of hydrogen-bond donors (Lipinski definition) is 2. The third-order valence-electron chi connectivity index (χ3n) is 2.99. The van der Waals surface area contributed by atoms with Gasteiger partial charge in [-0.05, 0) is 81.3 Å². The molecule has 2 rings (SSSR count). The van der Waals surface area contributed by atoms with Crippen molar-refractivity contribution in [2.45, 2.75) is 6.92 Å². The number of carboxylic acid groups (broad SMARTS) is 1. The van der Waals surface area contributed by atoms with E-state index in [1.165, 1.54) is 6.07 Å². The van der Waals surface area contributed by atoms with Crippen molar-refractivity contribution in [2.24, 2.45) is 0 Å². The van der Waals surface area contributed by atoms with E-state index < -0.39 is 5.97 Å². The summed E-state index contributed by atoms with van der Waals surface area (Å²) in [6.07, 6.45) is 0. The predicted octanol–water partition coefficient (Wildman–Crippen LogP) is 4.31. The van der Waals surface area contributed by atoms with E-state index in [2.05, 4.69) is 43.8 Å². The molecule has 21 heavy (non-hydrogen) atoms. The molecule has 6 heteroatoms. The molecule has 108 valence electrons. The van der Waals surface area contributed by atoms with Crippen molar-refractivity contribution in [3.8, 4) is 0 Å². The SMILES string of the molecule is Cc1c(NC(=O)c2cc(I)ccc2Br)cccc1C(=O)O. The van der Waals surface area contributed by atoms with Crippen LogP contribution in [0.15, 0.2) is 40.9 Å². The molecule has 0 aliphatic heterocycles. The predicted molar refractivity (Wildman–Crippen MR) is 93.0 cm³/mol. The van der Waals surface area contributed by atoms with E-state index in [1.807, 2.05) is 6.07 Å². The van der Waals surface area contributed by atoms with Crippen molar-refractivity contribution in [1.82, 2.24) is 0 Å². The zero-order valence-electron chi connectivity index (χ0n) is 11.0. The molecule has 2 aromatic rings. The van der Waals surface area contributed by atoms with Crippen molar-refractivity contribution < 1.29 is 14.7 Å². The number of nitrogens with one attached hydrogen (secondary N) is 1. The first-order valence-corrected chi connectivity index (χ1v) is 7.86. The maximum absolute atomic E-state index is 12.3. The summed E-state index contributed by atoms with van der Waals surface area (Å²) in [5.74, 6) is -1.30. The molecule has 0 aromatic heterocycles. The van der Waals surface area contributed by atoms with Crippen LogP contribution < -0.4 is 5.32 Å². The van der Waals surface area contributed by atoms with Gasteiger partial charge in [0.2, 0.25) is 0 Å². The highest BCUT2D eigenvalue weighted by Crippen LogP contribution is 2.23. The second-order valence-corrected chi connectivity index (χ2v) is 6.46. The van der Waals surface area contributed by atoms with Crippen LogP contribution in [0.5, 0.6) is 0 Å². The van der Waals surface area contributed by atoms with Gasteiger partial charge in [-0.3, -0.25) is 4.79 Å². The van der Waals surface area contributed by atoms with Crippen LogP contribution in [0.2, 0.25) is 0 Å². The maximum atomic E-state index is 12.3. The number of hydrogen-bond acceptors (Lipinski definition) is 2. The highest BCUT2D eigenvalue weighted by atomic mass is 127. The molecule has 0 atom stereocenters. The van der Waals surface area contributed by atoms with Crippen LogP contribution in [0.4, 0.5) is 5.69 Å². The Hall–Kier alpha value is -1.41. The summed E-state index contributed by atoms with van der Waals surface area (Å²) in [5.41, 5.74) is 1.70. The van der Waals surface area contributed by atoms with Gasteiger partial charge in [-0.25, -0.2) is 4.79 Å². The number of carbonyl (C=O) groups is 2. The Labute approximate surface area is 143 Å². The highest BCUT2D eigenvalue weighted by molar-refractivity contribution is 14.1. The van der Waals surface area contributed by atoms with E-state index in [9.17, 15) is 9.59 Å². The lowest BCUT2D eigenvalue weighted by Gasteiger charge is -2.11. The zero-order chi connectivity index (χ0) is 15.6. The molecule has 0 heterocycles. The van der Waals surface area contributed by atoms with Crippen LogP contribution in [0.3, 0.4) is 0 Å². The normalized spacial score (nSPS) is 10.2. The quantitative estimate of drug-likeness (QED) is 0.672. The number of carbonyl (C=O) groups excluding carboxylic acids is 1. The molecule has 0 bridgehead atoms. The Kier molecular flexibility index (Phi) is 5.00. The first-order valence-electron chi connectivity index (χ1n) is 5.99. The minimum absolute atomic E-state index is 0.175. The minimum Gasteiger partial charge on any atom is -0.478 e. The number of carboxylic acids is 1. The molecular weight excluding hydrogens is 449 g/mol. The molecule has 0 aliphatic carbocycles.